The maximum absolute atomic E-state index is 13.2. The molecule has 3 heterocycles. The number of ether oxygens (including phenoxy) is 2. The highest BCUT2D eigenvalue weighted by Crippen LogP contribution is 2.36. The minimum Gasteiger partial charge on any atom is -0.486 e. The van der Waals surface area contributed by atoms with E-state index in [4.69, 9.17) is 9.47 Å². The van der Waals surface area contributed by atoms with Gasteiger partial charge < -0.3 is 19.7 Å². The largest absolute Gasteiger partial charge is 0.486 e. The molecule has 0 radical (unpaired) electrons. The molecule has 1 saturated heterocycles. The topological polar surface area (TPSA) is 63.7 Å². The zero-order valence-electron chi connectivity index (χ0n) is 15.7. The van der Waals surface area contributed by atoms with E-state index in [0.29, 0.717) is 19.3 Å². The average molecular weight is 388 g/mol. The molecule has 1 aromatic heterocycles. The van der Waals surface area contributed by atoms with E-state index in [0.717, 1.165) is 48.1 Å². The highest BCUT2D eigenvalue weighted by molar-refractivity contribution is 7.13. The van der Waals surface area contributed by atoms with Crippen molar-refractivity contribution in [2.45, 2.75) is 38.1 Å². The molecule has 27 heavy (non-hydrogen) atoms. The number of benzene rings is 1. The molecule has 1 aromatic carbocycles. The third-order valence-corrected chi connectivity index (χ3v) is 6.04. The van der Waals surface area contributed by atoms with Gasteiger partial charge in [-0.25, -0.2) is 4.98 Å². The predicted octanol–water partition coefficient (Wildman–Crippen LogP) is 3.30. The molecule has 1 amide bonds. The van der Waals surface area contributed by atoms with Crippen LogP contribution in [0.4, 0.5) is 5.13 Å². The summed E-state index contributed by atoms with van der Waals surface area (Å²) in [5, 5.41) is 6.39. The molecule has 1 N–H and O–H groups in total. The number of rotatable bonds is 4. The number of nitrogens with zero attached hydrogens (tertiary/aromatic N) is 2. The SMILES string of the molecule is CC(C)(C(=O)N1CCC(Nc2nccs2)CC1)c1ccc2c(c1)OCCO2. The number of fused-ring (bicyclic) bond motifs is 1. The predicted molar refractivity (Wildman–Crippen MR) is 106 cm³/mol. The van der Waals surface area contributed by atoms with E-state index >= 15 is 0 Å². The van der Waals surface area contributed by atoms with Crippen LogP contribution in [-0.2, 0) is 10.2 Å². The van der Waals surface area contributed by atoms with E-state index < -0.39 is 5.41 Å². The second kappa shape index (κ2) is 7.38. The Kier molecular flexibility index (Phi) is 4.95. The van der Waals surface area contributed by atoms with Crippen LogP contribution in [0.25, 0.3) is 0 Å². The van der Waals surface area contributed by atoms with Crippen molar-refractivity contribution in [3.8, 4) is 11.5 Å². The average Bonchev–Trinajstić information content (AvgIpc) is 3.20. The molecule has 0 unspecified atom stereocenters. The molecule has 7 heteroatoms. The van der Waals surface area contributed by atoms with Gasteiger partial charge in [0.05, 0.1) is 5.41 Å². The number of carbonyl (C=O) groups is 1. The summed E-state index contributed by atoms with van der Waals surface area (Å²) < 4.78 is 11.3. The van der Waals surface area contributed by atoms with Gasteiger partial charge in [-0.2, -0.15) is 0 Å². The van der Waals surface area contributed by atoms with Gasteiger partial charge in [-0.15, -0.1) is 11.3 Å². The maximum atomic E-state index is 13.2. The van der Waals surface area contributed by atoms with Crippen molar-refractivity contribution in [1.29, 1.82) is 0 Å². The molecule has 1 fully saturated rings. The molecule has 6 nitrogen and oxygen atoms in total. The zero-order valence-corrected chi connectivity index (χ0v) is 16.6. The van der Waals surface area contributed by atoms with Crippen LogP contribution in [0.2, 0.25) is 0 Å². The molecule has 2 aromatic rings. The lowest BCUT2D eigenvalue weighted by Crippen LogP contribution is -2.49. The molecular weight excluding hydrogens is 362 g/mol. The highest BCUT2D eigenvalue weighted by atomic mass is 32.1. The molecule has 4 rings (SSSR count). The first-order valence-electron chi connectivity index (χ1n) is 9.39. The van der Waals surface area contributed by atoms with Crippen LogP contribution in [0.15, 0.2) is 29.8 Å². The summed E-state index contributed by atoms with van der Waals surface area (Å²) in [7, 11) is 0. The number of hydrogen-bond acceptors (Lipinski definition) is 6. The number of hydrogen-bond donors (Lipinski definition) is 1. The lowest BCUT2D eigenvalue weighted by Gasteiger charge is -2.37. The van der Waals surface area contributed by atoms with Gasteiger partial charge in [0.15, 0.2) is 16.6 Å². The molecule has 0 bridgehead atoms. The van der Waals surface area contributed by atoms with Crippen molar-refractivity contribution in [1.82, 2.24) is 9.88 Å². The number of aromatic nitrogens is 1. The Morgan fingerprint density at radius 3 is 2.67 bits per heavy atom. The second-order valence-electron chi connectivity index (χ2n) is 7.53. The summed E-state index contributed by atoms with van der Waals surface area (Å²) in [6, 6.07) is 6.20. The van der Waals surface area contributed by atoms with Gasteiger partial charge in [0.2, 0.25) is 5.91 Å². The van der Waals surface area contributed by atoms with E-state index in [-0.39, 0.29) is 5.91 Å². The maximum Gasteiger partial charge on any atom is 0.232 e. The number of likely N-dealkylation sites (tertiary alicyclic amines) is 1. The van der Waals surface area contributed by atoms with Crippen LogP contribution >= 0.6 is 11.3 Å². The third-order valence-electron chi connectivity index (χ3n) is 5.34. The first kappa shape index (κ1) is 18.1. The minimum atomic E-state index is -0.606. The smallest absolute Gasteiger partial charge is 0.232 e. The summed E-state index contributed by atoms with van der Waals surface area (Å²) in [4.78, 5) is 19.5. The number of thiazole rings is 1. The molecule has 0 spiro atoms. The van der Waals surface area contributed by atoms with Crippen LogP contribution in [-0.4, -0.2) is 48.1 Å². The number of nitrogens with one attached hydrogen (secondary N) is 1. The standard InChI is InChI=1S/C20H25N3O3S/c1-20(2,14-3-4-16-17(13-14)26-11-10-25-16)18(24)23-8-5-15(6-9-23)22-19-21-7-12-27-19/h3-4,7,12-13,15H,5-6,8-11H2,1-2H3,(H,21,22). The Morgan fingerprint density at radius 1 is 1.22 bits per heavy atom. The molecule has 0 aliphatic carbocycles. The van der Waals surface area contributed by atoms with Gasteiger partial charge in [0.25, 0.3) is 0 Å². The van der Waals surface area contributed by atoms with Crippen LogP contribution < -0.4 is 14.8 Å². The third kappa shape index (κ3) is 3.74. The fourth-order valence-corrected chi connectivity index (χ4v) is 4.25. The van der Waals surface area contributed by atoms with Gasteiger partial charge in [-0.1, -0.05) is 6.07 Å². The monoisotopic (exact) mass is 387 g/mol. The summed E-state index contributed by atoms with van der Waals surface area (Å²) >= 11 is 1.61. The first-order chi connectivity index (χ1) is 13.0. The van der Waals surface area contributed by atoms with Gasteiger partial charge in [0.1, 0.15) is 13.2 Å². The van der Waals surface area contributed by atoms with E-state index in [1.165, 1.54) is 0 Å². The number of amides is 1. The summed E-state index contributed by atoms with van der Waals surface area (Å²) in [5.74, 6) is 1.64. The first-order valence-corrected chi connectivity index (χ1v) is 10.3. The fourth-order valence-electron chi connectivity index (χ4n) is 3.65. The summed E-state index contributed by atoms with van der Waals surface area (Å²) in [6.07, 6.45) is 3.67. The van der Waals surface area contributed by atoms with Crippen molar-refractivity contribution < 1.29 is 14.3 Å². The lowest BCUT2D eigenvalue weighted by molar-refractivity contribution is -0.137. The van der Waals surface area contributed by atoms with Crippen LogP contribution in [0.3, 0.4) is 0 Å². The Labute approximate surface area is 163 Å². The molecule has 2 aliphatic rings. The quantitative estimate of drug-likeness (QED) is 0.872. The molecule has 0 atom stereocenters. The molecule has 0 saturated carbocycles. The number of piperidine rings is 1. The van der Waals surface area contributed by atoms with Gasteiger partial charge in [-0.3, -0.25) is 4.79 Å². The van der Waals surface area contributed by atoms with E-state index in [1.807, 2.05) is 48.5 Å². The van der Waals surface area contributed by atoms with Crippen molar-refractivity contribution in [3.63, 3.8) is 0 Å². The summed E-state index contributed by atoms with van der Waals surface area (Å²) in [5.41, 5.74) is 0.352. The Morgan fingerprint density at radius 2 is 1.96 bits per heavy atom. The molecular formula is C20H25N3O3S. The van der Waals surface area contributed by atoms with Crippen molar-refractivity contribution in [2.24, 2.45) is 0 Å². The van der Waals surface area contributed by atoms with Gasteiger partial charge >= 0.3 is 0 Å². The van der Waals surface area contributed by atoms with Gasteiger partial charge in [-0.05, 0) is 44.4 Å². The number of carbonyl (C=O) groups excluding carboxylic acids is 1. The van der Waals surface area contributed by atoms with E-state index in [2.05, 4.69) is 10.3 Å². The lowest BCUT2D eigenvalue weighted by atomic mass is 9.82. The second-order valence-corrected chi connectivity index (χ2v) is 8.43. The zero-order chi connectivity index (χ0) is 18.9. The number of anilines is 1. The summed E-state index contributed by atoms with van der Waals surface area (Å²) in [6.45, 7) is 6.61. The fraction of sp³-hybridized carbons (Fsp3) is 0.500. The van der Waals surface area contributed by atoms with Crippen LogP contribution in [0.5, 0.6) is 11.5 Å². The Bertz CT molecular complexity index is 799. The van der Waals surface area contributed by atoms with Crippen molar-refractivity contribution in [2.75, 3.05) is 31.6 Å². The van der Waals surface area contributed by atoms with Gasteiger partial charge in [0, 0.05) is 30.7 Å². The normalized spacial score (nSPS) is 17.6. The molecule has 144 valence electrons. The van der Waals surface area contributed by atoms with E-state index in [1.54, 1.807) is 11.3 Å². The highest BCUT2D eigenvalue weighted by Gasteiger charge is 2.36. The minimum absolute atomic E-state index is 0.159. The van der Waals surface area contributed by atoms with Crippen molar-refractivity contribution >= 4 is 22.4 Å². The van der Waals surface area contributed by atoms with Crippen LogP contribution in [0, 0.1) is 0 Å². The Balaban J connectivity index is 1.41. The Hall–Kier alpha value is -2.28. The van der Waals surface area contributed by atoms with Crippen LogP contribution in [0.1, 0.15) is 32.3 Å². The van der Waals surface area contributed by atoms with E-state index in [9.17, 15) is 4.79 Å². The molecule has 2 aliphatic heterocycles. The van der Waals surface area contributed by atoms with Crippen molar-refractivity contribution in [3.05, 3.63) is 35.3 Å².